The number of nitrogens with zero attached hydrogens (tertiary/aromatic N) is 2. The minimum atomic E-state index is -3.18. The zero-order chi connectivity index (χ0) is 11.3. The summed E-state index contributed by atoms with van der Waals surface area (Å²) < 4.78 is 25.0. The van der Waals surface area contributed by atoms with E-state index in [9.17, 15) is 8.42 Å². The van der Waals surface area contributed by atoms with Crippen LogP contribution < -0.4 is 0 Å². The number of hydrogen-bond donors (Lipinski definition) is 0. The van der Waals surface area contributed by atoms with Gasteiger partial charge in [0.15, 0.2) is 0 Å². The van der Waals surface area contributed by atoms with Crippen molar-refractivity contribution in [3.63, 3.8) is 0 Å². The van der Waals surface area contributed by atoms with Gasteiger partial charge in [-0.1, -0.05) is 0 Å². The van der Waals surface area contributed by atoms with Gasteiger partial charge in [0.1, 0.15) is 10.7 Å². The molecule has 4 nitrogen and oxygen atoms in total. The number of sulfonamides is 1. The molecule has 0 aromatic heterocycles. The third kappa shape index (κ3) is 1.39. The molecule has 82 valence electrons. The van der Waals surface area contributed by atoms with Crippen LogP contribution in [0.3, 0.4) is 0 Å². The molecule has 1 aliphatic rings. The Hall–Kier alpha value is -0.710. The van der Waals surface area contributed by atoms with Gasteiger partial charge in [-0.15, -0.1) is 0 Å². The first kappa shape index (κ1) is 11.4. The van der Waals surface area contributed by atoms with E-state index in [1.807, 2.05) is 39.8 Å². The summed E-state index contributed by atoms with van der Waals surface area (Å²) in [4.78, 5) is 2.29. The fourth-order valence-corrected chi connectivity index (χ4v) is 3.54. The molecule has 0 fully saturated rings. The first-order valence-electron chi connectivity index (χ1n) is 4.54. The molecule has 0 aromatic rings. The summed E-state index contributed by atoms with van der Waals surface area (Å²) in [5.41, 5.74) is -0.391. The predicted molar refractivity (Wildman–Crippen MR) is 56.9 cm³/mol. The van der Waals surface area contributed by atoms with Crippen LogP contribution in [0.5, 0.6) is 0 Å². The SMILES string of the molecule is CC1=C(N(C)C)N(C(C)(C)C)S1(=O)=O. The molecule has 14 heavy (non-hydrogen) atoms. The Balaban J connectivity index is 3.26. The maximum absolute atomic E-state index is 11.8. The van der Waals surface area contributed by atoms with Gasteiger partial charge in [-0.05, 0) is 27.7 Å². The van der Waals surface area contributed by atoms with Crippen molar-refractivity contribution < 1.29 is 8.42 Å². The molecule has 5 heteroatoms. The minimum Gasteiger partial charge on any atom is -0.363 e. The lowest BCUT2D eigenvalue weighted by atomic mass is 10.1. The minimum absolute atomic E-state index is 0.391. The van der Waals surface area contributed by atoms with E-state index in [2.05, 4.69) is 0 Å². The summed E-state index contributed by atoms with van der Waals surface area (Å²) in [6.45, 7) is 7.31. The Bertz CT molecular complexity index is 374. The van der Waals surface area contributed by atoms with Crippen LogP contribution in [0.1, 0.15) is 27.7 Å². The third-order valence-corrected chi connectivity index (χ3v) is 4.33. The van der Waals surface area contributed by atoms with Gasteiger partial charge in [-0.2, -0.15) is 0 Å². The van der Waals surface area contributed by atoms with Crippen molar-refractivity contribution in [2.45, 2.75) is 33.2 Å². The van der Waals surface area contributed by atoms with E-state index in [1.165, 1.54) is 4.31 Å². The molecule has 0 unspecified atom stereocenters. The van der Waals surface area contributed by atoms with Crippen LogP contribution in [0.25, 0.3) is 0 Å². The summed E-state index contributed by atoms with van der Waals surface area (Å²) in [6, 6.07) is 0. The summed E-state index contributed by atoms with van der Waals surface area (Å²) in [6.07, 6.45) is 0. The van der Waals surface area contributed by atoms with Gasteiger partial charge in [0.25, 0.3) is 10.0 Å². The molecule has 0 amide bonds. The van der Waals surface area contributed by atoms with Crippen LogP contribution in [0.2, 0.25) is 0 Å². The molecular weight excluding hydrogens is 200 g/mol. The van der Waals surface area contributed by atoms with E-state index in [0.717, 1.165) is 5.82 Å². The van der Waals surface area contributed by atoms with Crippen molar-refractivity contribution in [2.75, 3.05) is 14.1 Å². The van der Waals surface area contributed by atoms with Crippen LogP contribution in [-0.4, -0.2) is 37.3 Å². The van der Waals surface area contributed by atoms with Gasteiger partial charge in [0.2, 0.25) is 0 Å². The lowest BCUT2D eigenvalue weighted by molar-refractivity contribution is 0.223. The molecule has 0 N–H and O–H groups in total. The molecular formula is C9H18N2O2S. The smallest absolute Gasteiger partial charge is 0.265 e. The van der Waals surface area contributed by atoms with Crippen molar-refractivity contribution in [3.05, 3.63) is 10.7 Å². The van der Waals surface area contributed by atoms with E-state index < -0.39 is 15.6 Å². The Morgan fingerprint density at radius 1 is 1.21 bits per heavy atom. The highest BCUT2D eigenvalue weighted by Gasteiger charge is 2.47. The number of rotatable bonds is 1. The molecule has 0 aromatic carbocycles. The first-order chi connectivity index (χ1) is 6.10. The average molecular weight is 218 g/mol. The van der Waals surface area contributed by atoms with E-state index >= 15 is 0 Å². The zero-order valence-electron chi connectivity index (χ0n) is 9.62. The second kappa shape index (κ2) is 2.89. The summed E-state index contributed by atoms with van der Waals surface area (Å²) in [5.74, 6) is 0.789. The number of hydrogen-bond acceptors (Lipinski definition) is 3. The van der Waals surface area contributed by atoms with Crippen molar-refractivity contribution in [3.8, 4) is 0 Å². The molecule has 1 aliphatic heterocycles. The van der Waals surface area contributed by atoms with Crippen molar-refractivity contribution in [1.82, 2.24) is 9.21 Å². The Morgan fingerprint density at radius 2 is 1.64 bits per heavy atom. The predicted octanol–water partition coefficient (Wildman–Crippen LogP) is 1.18. The second-order valence-electron chi connectivity index (χ2n) is 4.71. The molecule has 0 aliphatic carbocycles. The summed E-state index contributed by atoms with van der Waals surface area (Å²) >= 11 is 0. The third-order valence-electron chi connectivity index (χ3n) is 2.17. The molecule has 0 radical (unpaired) electrons. The van der Waals surface area contributed by atoms with Gasteiger partial charge < -0.3 is 4.90 Å². The fourth-order valence-electron chi connectivity index (χ4n) is 1.64. The first-order valence-corrected chi connectivity index (χ1v) is 5.98. The number of allylic oxidation sites excluding steroid dienone is 1. The van der Waals surface area contributed by atoms with Crippen molar-refractivity contribution in [1.29, 1.82) is 0 Å². The zero-order valence-corrected chi connectivity index (χ0v) is 10.4. The molecule has 1 heterocycles. The monoisotopic (exact) mass is 218 g/mol. The van der Waals surface area contributed by atoms with E-state index in [0.29, 0.717) is 4.91 Å². The van der Waals surface area contributed by atoms with Crippen LogP contribution in [0.15, 0.2) is 10.7 Å². The van der Waals surface area contributed by atoms with E-state index in [4.69, 9.17) is 0 Å². The van der Waals surface area contributed by atoms with Crippen LogP contribution in [0, 0.1) is 0 Å². The standard InChI is InChI=1S/C9H18N2O2S/c1-7-8(10(5)6)11(9(2,3)4)14(7,12)13/h1-6H3. The quantitative estimate of drug-likeness (QED) is 0.663. The summed E-state index contributed by atoms with van der Waals surface area (Å²) in [7, 11) is 0.525. The van der Waals surface area contributed by atoms with Gasteiger partial charge in [0.05, 0.1) is 0 Å². The van der Waals surface area contributed by atoms with Crippen molar-refractivity contribution in [2.24, 2.45) is 0 Å². The molecule has 0 spiro atoms. The average Bonchev–Trinajstić information content (AvgIpc) is 1.95. The second-order valence-corrected chi connectivity index (χ2v) is 6.64. The topological polar surface area (TPSA) is 40.6 Å². The highest BCUT2D eigenvalue weighted by molar-refractivity contribution is 7.94. The van der Waals surface area contributed by atoms with Gasteiger partial charge in [-0.25, -0.2) is 12.7 Å². The van der Waals surface area contributed by atoms with Gasteiger partial charge in [0, 0.05) is 19.6 Å². The highest BCUT2D eigenvalue weighted by atomic mass is 32.2. The molecule has 1 rings (SSSR count). The molecule has 0 bridgehead atoms. The van der Waals surface area contributed by atoms with Crippen molar-refractivity contribution >= 4 is 10.0 Å². The fraction of sp³-hybridized carbons (Fsp3) is 0.778. The van der Waals surface area contributed by atoms with Crippen LogP contribution >= 0.6 is 0 Å². The lowest BCUT2D eigenvalue weighted by Gasteiger charge is -2.47. The Kier molecular flexibility index (Phi) is 2.34. The van der Waals surface area contributed by atoms with Gasteiger partial charge >= 0.3 is 0 Å². The van der Waals surface area contributed by atoms with E-state index in [-0.39, 0.29) is 0 Å². The molecule has 0 saturated heterocycles. The van der Waals surface area contributed by atoms with Crippen LogP contribution in [0.4, 0.5) is 0 Å². The maximum atomic E-state index is 11.8. The normalized spacial score (nSPS) is 20.9. The summed E-state index contributed by atoms with van der Waals surface area (Å²) in [5, 5.41) is 0. The Morgan fingerprint density at radius 3 is 1.86 bits per heavy atom. The highest BCUT2D eigenvalue weighted by Crippen LogP contribution is 2.39. The molecule has 0 atom stereocenters. The van der Waals surface area contributed by atoms with Crippen LogP contribution in [-0.2, 0) is 10.0 Å². The van der Waals surface area contributed by atoms with Gasteiger partial charge in [-0.3, -0.25) is 0 Å². The van der Waals surface area contributed by atoms with E-state index in [1.54, 1.807) is 6.92 Å². The Labute approximate surface area is 86.2 Å². The lowest BCUT2D eigenvalue weighted by Crippen LogP contribution is -2.55. The maximum Gasteiger partial charge on any atom is 0.265 e. The molecule has 0 saturated carbocycles. The largest absolute Gasteiger partial charge is 0.363 e.